The molecule has 2 rings (SSSR count). The molecule has 1 aromatic heterocycles. The maximum Gasteiger partial charge on any atom is 0.268 e. The molecule has 0 spiro atoms. The SMILES string of the molecule is N#Cc1cnc(CSc2ccc(F)cc2)[nH]c1=O. The number of hydrogen-bond donors (Lipinski definition) is 1. The van der Waals surface area contributed by atoms with Gasteiger partial charge in [0.05, 0.1) is 11.9 Å². The van der Waals surface area contributed by atoms with E-state index in [1.54, 1.807) is 18.2 Å². The van der Waals surface area contributed by atoms with E-state index in [0.29, 0.717) is 11.6 Å². The van der Waals surface area contributed by atoms with Gasteiger partial charge in [-0.1, -0.05) is 0 Å². The van der Waals surface area contributed by atoms with Gasteiger partial charge < -0.3 is 4.98 Å². The van der Waals surface area contributed by atoms with Gasteiger partial charge in [0, 0.05) is 4.90 Å². The van der Waals surface area contributed by atoms with Gasteiger partial charge >= 0.3 is 0 Å². The van der Waals surface area contributed by atoms with Crippen molar-refractivity contribution in [3.8, 4) is 6.07 Å². The van der Waals surface area contributed by atoms with Gasteiger partial charge in [-0.25, -0.2) is 9.37 Å². The van der Waals surface area contributed by atoms with E-state index in [0.717, 1.165) is 4.90 Å². The number of H-pyrrole nitrogens is 1. The summed E-state index contributed by atoms with van der Waals surface area (Å²) < 4.78 is 12.7. The van der Waals surface area contributed by atoms with Crippen LogP contribution in [0.2, 0.25) is 0 Å². The number of benzene rings is 1. The van der Waals surface area contributed by atoms with Crippen molar-refractivity contribution in [1.29, 1.82) is 5.26 Å². The second kappa shape index (κ2) is 5.47. The van der Waals surface area contributed by atoms with Gasteiger partial charge in [-0.3, -0.25) is 4.79 Å². The Hall–Kier alpha value is -2.13. The van der Waals surface area contributed by atoms with E-state index < -0.39 is 5.56 Å². The monoisotopic (exact) mass is 261 g/mol. The molecule has 1 N–H and O–H groups in total. The quantitative estimate of drug-likeness (QED) is 0.859. The lowest BCUT2D eigenvalue weighted by Crippen LogP contribution is -2.13. The zero-order valence-electron chi connectivity index (χ0n) is 9.18. The molecule has 0 aliphatic heterocycles. The molecule has 0 aliphatic rings. The predicted molar refractivity (Wildman–Crippen MR) is 65.5 cm³/mol. The molecule has 0 radical (unpaired) electrons. The van der Waals surface area contributed by atoms with Crippen LogP contribution in [0.1, 0.15) is 11.4 Å². The average Bonchev–Trinajstić information content (AvgIpc) is 2.38. The van der Waals surface area contributed by atoms with Crippen LogP contribution in [0.15, 0.2) is 40.2 Å². The fourth-order valence-electron chi connectivity index (χ4n) is 1.27. The molecule has 1 heterocycles. The van der Waals surface area contributed by atoms with Crippen LogP contribution in [0, 0.1) is 17.1 Å². The van der Waals surface area contributed by atoms with Crippen molar-refractivity contribution in [2.75, 3.05) is 0 Å². The Morgan fingerprint density at radius 1 is 1.39 bits per heavy atom. The van der Waals surface area contributed by atoms with E-state index in [4.69, 9.17) is 5.26 Å². The average molecular weight is 261 g/mol. The van der Waals surface area contributed by atoms with Crippen molar-refractivity contribution in [3.63, 3.8) is 0 Å². The van der Waals surface area contributed by atoms with Crippen molar-refractivity contribution in [3.05, 3.63) is 58.0 Å². The minimum absolute atomic E-state index is 0.00877. The Morgan fingerprint density at radius 2 is 2.11 bits per heavy atom. The highest BCUT2D eigenvalue weighted by molar-refractivity contribution is 7.98. The molecular weight excluding hydrogens is 253 g/mol. The van der Waals surface area contributed by atoms with Crippen molar-refractivity contribution >= 4 is 11.8 Å². The Labute approximate surface area is 107 Å². The number of halogens is 1. The summed E-state index contributed by atoms with van der Waals surface area (Å²) in [6.07, 6.45) is 1.25. The maximum absolute atomic E-state index is 12.7. The van der Waals surface area contributed by atoms with E-state index in [9.17, 15) is 9.18 Å². The van der Waals surface area contributed by atoms with Crippen molar-refractivity contribution < 1.29 is 4.39 Å². The van der Waals surface area contributed by atoms with E-state index in [1.165, 1.54) is 30.1 Å². The molecule has 1 aromatic carbocycles. The zero-order chi connectivity index (χ0) is 13.0. The Bertz CT molecular complexity index is 646. The molecule has 90 valence electrons. The zero-order valence-corrected chi connectivity index (χ0v) is 10.00. The minimum Gasteiger partial charge on any atom is -0.309 e. The van der Waals surface area contributed by atoms with Crippen molar-refractivity contribution in [2.24, 2.45) is 0 Å². The smallest absolute Gasteiger partial charge is 0.268 e. The molecule has 2 aromatic rings. The van der Waals surface area contributed by atoms with Gasteiger partial charge in [-0.15, -0.1) is 11.8 Å². The minimum atomic E-state index is -0.442. The Kier molecular flexibility index (Phi) is 3.75. The first kappa shape index (κ1) is 12.3. The highest BCUT2D eigenvalue weighted by Gasteiger charge is 2.02. The molecule has 6 heteroatoms. The topological polar surface area (TPSA) is 69.5 Å². The largest absolute Gasteiger partial charge is 0.309 e. The summed E-state index contributed by atoms with van der Waals surface area (Å²) in [6, 6.07) is 7.80. The van der Waals surface area contributed by atoms with Gasteiger partial charge in [-0.2, -0.15) is 5.26 Å². The number of thioether (sulfide) groups is 1. The first-order valence-corrected chi connectivity index (χ1v) is 6.04. The van der Waals surface area contributed by atoms with Crippen LogP contribution in [0.4, 0.5) is 4.39 Å². The third kappa shape index (κ3) is 2.96. The second-order valence-corrected chi connectivity index (χ2v) is 4.48. The highest BCUT2D eigenvalue weighted by atomic mass is 32.2. The van der Waals surface area contributed by atoms with Crippen LogP contribution in [-0.2, 0) is 5.75 Å². The van der Waals surface area contributed by atoms with E-state index >= 15 is 0 Å². The van der Waals surface area contributed by atoms with Gasteiger partial charge in [0.1, 0.15) is 23.3 Å². The number of nitriles is 1. The summed E-state index contributed by atoms with van der Waals surface area (Å²) in [7, 11) is 0. The van der Waals surface area contributed by atoms with Crippen molar-refractivity contribution in [2.45, 2.75) is 10.6 Å². The Balaban J connectivity index is 2.07. The van der Waals surface area contributed by atoms with Crippen LogP contribution in [0.25, 0.3) is 0 Å². The lowest BCUT2D eigenvalue weighted by molar-refractivity contribution is 0.626. The number of nitrogens with one attached hydrogen (secondary N) is 1. The normalized spacial score (nSPS) is 10.0. The fraction of sp³-hybridized carbons (Fsp3) is 0.0833. The van der Waals surface area contributed by atoms with Gasteiger partial charge in [0.15, 0.2) is 0 Å². The van der Waals surface area contributed by atoms with E-state index in [-0.39, 0.29) is 11.4 Å². The van der Waals surface area contributed by atoms with Crippen LogP contribution < -0.4 is 5.56 Å². The number of nitrogens with zero attached hydrogens (tertiary/aromatic N) is 2. The van der Waals surface area contributed by atoms with Crippen LogP contribution in [0.3, 0.4) is 0 Å². The van der Waals surface area contributed by atoms with Gasteiger partial charge in [0.2, 0.25) is 0 Å². The van der Waals surface area contributed by atoms with Crippen LogP contribution >= 0.6 is 11.8 Å². The summed E-state index contributed by atoms with van der Waals surface area (Å²) in [6.45, 7) is 0. The number of aromatic amines is 1. The highest BCUT2D eigenvalue weighted by Crippen LogP contribution is 2.20. The summed E-state index contributed by atoms with van der Waals surface area (Å²) in [5.41, 5.74) is -0.451. The summed E-state index contributed by atoms with van der Waals surface area (Å²) in [5, 5.41) is 8.59. The number of aromatic nitrogens is 2. The molecule has 0 atom stereocenters. The van der Waals surface area contributed by atoms with Crippen LogP contribution in [-0.4, -0.2) is 9.97 Å². The lowest BCUT2D eigenvalue weighted by Gasteiger charge is -2.01. The maximum atomic E-state index is 12.7. The third-order valence-corrected chi connectivity index (χ3v) is 3.18. The third-order valence-electron chi connectivity index (χ3n) is 2.16. The first-order chi connectivity index (χ1) is 8.69. The summed E-state index contributed by atoms with van der Waals surface area (Å²) in [4.78, 5) is 18.7. The Morgan fingerprint density at radius 3 is 2.72 bits per heavy atom. The second-order valence-electron chi connectivity index (χ2n) is 3.43. The van der Waals surface area contributed by atoms with E-state index in [1.807, 2.05) is 0 Å². The van der Waals surface area contributed by atoms with E-state index in [2.05, 4.69) is 9.97 Å². The predicted octanol–water partition coefficient (Wildman–Crippen LogP) is 2.07. The molecule has 0 fully saturated rings. The fourth-order valence-corrected chi connectivity index (χ4v) is 2.05. The first-order valence-electron chi connectivity index (χ1n) is 5.05. The van der Waals surface area contributed by atoms with Crippen LogP contribution in [0.5, 0.6) is 0 Å². The molecule has 0 amide bonds. The molecular formula is C12H8FN3OS. The van der Waals surface area contributed by atoms with Gasteiger partial charge in [-0.05, 0) is 24.3 Å². The molecule has 4 nitrogen and oxygen atoms in total. The molecule has 0 saturated heterocycles. The molecule has 18 heavy (non-hydrogen) atoms. The van der Waals surface area contributed by atoms with Crippen molar-refractivity contribution in [1.82, 2.24) is 9.97 Å². The molecule has 0 saturated carbocycles. The summed E-state index contributed by atoms with van der Waals surface area (Å²) >= 11 is 1.42. The molecule has 0 bridgehead atoms. The molecule has 0 unspecified atom stereocenters. The number of rotatable bonds is 3. The summed E-state index contributed by atoms with van der Waals surface area (Å²) in [5.74, 6) is 0.643. The standard InChI is InChI=1S/C12H8FN3OS/c13-9-1-3-10(4-2-9)18-7-11-15-6-8(5-14)12(17)16-11/h1-4,6H,7H2,(H,15,16,17). The molecule has 0 aliphatic carbocycles. The lowest BCUT2D eigenvalue weighted by atomic mass is 10.4. The van der Waals surface area contributed by atoms with Gasteiger partial charge in [0.25, 0.3) is 5.56 Å². The number of hydrogen-bond acceptors (Lipinski definition) is 4.